The van der Waals surface area contributed by atoms with Crippen molar-refractivity contribution in [3.63, 3.8) is 0 Å². The van der Waals surface area contributed by atoms with E-state index in [-0.39, 0.29) is 22.1 Å². The van der Waals surface area contributed by atoms with E-state index in [1.807, 2.05) is 6.07 Å². The van der Waals surface area contributed by atoms with Crippen molar-refractivity contribution in [3.05, 3.63) is 35.9 Å². The quantitative estimate of drug-likeness (QED) is 0.360. The maximum Gasteiger partial charge on any atom is 0.192 e. The van der Waals surface area contributed by atoms with E-state index in [1.165, 1.54) is 5.56 Å². The van der Waals surface area contributed by atoms with Crippen molar-refractivity contribution in [2.24, 2.45) is 5.92 Å². The third-order valence-corrected chi connectivity index (χ3v) is 15.8. The van der Waals surface area contributed by atoms with Crippen LogP contribution in [-0.4, -0.2) is 36.0 Å². The summed E-state index contributed by atoms with van der Waals surface area (Å²) in [6.07, 6.45) is 0.0457. The molecule has 1 rings (SSSR count). The summed E-state index contributed by atoms with van der Waals surface area (Å²) in [5, 5.41) is 0.386. The maximum absolute atomic E-state index is 6.80. The van der Waals surface area contributed by atoms with Crippen molar-refractivity contribution in [1.82, 2.24) is 0 Å². The van der Waals surface area contributed by atoms with Gasteiger partial charge in [0.1, 0.15) is 0 Å². The van der Waals surface area contributed by atoms with Gasteiger partial charge in [0.05, 0.1) is 19.3 Å². The van der Waals surface area contributed by atoms with E-state index in [0.717, 1.165) is 6.61 Å². The minimum absolute atomic E-state index is 0.0457. The van der Waals surface area contributed by atoms with Gasteiger partial charge in [-0.1, -0.05) is 78.8 Å². The number of benzene rings is 1. The molecule has 3 nitrogen and oxygen atoms in total. The minimum atomic E-state index is -1.90. The zero-order valence-corrected chi connectivity index (χ0v) is 22.9. The summed E-state index contributed by atoms with van der Waals surface area (Å²) in [6.45, 7) is 27.2. The monoisotopic (exact) mass is 438 g/mol. The van der Waals surface area contributed by atoms with Crippen LogP contribution in [-0.2, 0) is 20.2 Å². The third-order valence-electron chi connectivity index (χ3n) is 6.79. The van der Waals surface area contributed by atoms with Crippen LogP contribution in [0.25, 0.3) is 0 Å². The highest BCUT2D eigenvalue weighted by Gasteiger charge is 2.41. The fourth-order valence-corrected chi connectivity index (χ4v) is 4.92. The van der Waals surface area contributed by atoms with Crippen molar-refractivity contribution in [1.29, 1.82) is 0 Å². The van der Waals surface area contributed by atoms with E-state index in [0.29, 0.717) is 13.2 Å². The van der Waals surface area contributed by atoms with E-state index >= 15 is 0 Å². The van der Waals surface area contributed by atoms with Crippen LogP contribution in [0.2, 0.25) is 36.3 Å². The highest BCUT2D eigenvalue weighted by atomic mass is 28.4. The Labute approximate surface area is 182 Å². The Hall–Kier alpha value is -0.466. The Bertz CT molecular complexity index is 601. The predicted molar refractivity (Wildman–Crippen MR) is 130 cm³/mol. The average molecular weight is 439 g/mol. The molecule has 0 aliphatic heterocycles. The van der Waals surface area contributed by atoms with Crippen molar-refractivity contribution < 1.29 is 13.6 Å². The molecule has 2 atom stereocenters. The maximum atomic E-state index is 6.80. The van der Waals surface area contributed by atoms with Crippen molar-refractivity contribution in [2.75, 3.05) is 13.2 Å². The number of hydrogen-bond donors (Lipinski definition) is 0. The van der Waals surface area contributed by atoms with Crippen LogP contribution in [0.5, 0.6) is 0 Å². The van der Waals surface area contributed by atoms with Crippen molar-refractivity contribution in [3.8, 4) is 0 Å². The molecule has 0 aromatic heterocycles. The zero-order chi connectivity index (χ0) is 22.5. The smallest absolute Gasteiger partial charge is 0.192 e. The van der Waals surface area contributed by atoms with Gasteiger partial charge in [0.2, 0.25) is 0 Å². The van der Waals surface area contributed by atoms with Crippen LogP contribution < -0.4 is 0 Å². The van der Waals surface area contributed by atoms with Gasteiger partial charge in [-0.25, -0.2) is 0 Å². The molecular weight excluding hydrogens is 392 g/mol. The second-order valence-electron chi connectivity index (χ2n) is 11.5. The van der Waals surface area contributed by atoms with Crippen LogP contribution in [0.4, 0.5) is 0 Å². The van der Waals surface area contributed by atoms with E-state index in [2.05, 4.69) is 98.9 Å². The molecule has 0 bridgehead atoms. The van der Waals surface area contributed by atoms with Gasteiger partial charge in [-0.05, 0) is 41.8 Å². The van der Waals surface area contributed by atoms with Gasteiger partial charge in [-0.2, -0.15) is 0 Å². The van der Waals surface area contributed by atoms with Gasteiger partial charge in [0, 0.05) is 12.5 Å². The summed E-state index contributed by atoms with van der Waals surface area (Å²) < 4.78 is 19.4. The minimum Gasteiger partial charge on any atom is -0.416 e. The SMILES string of the molecule is C[C@@H](CO[Si](C)(C)C(C)(C)C)[C@H](COCc1ccccc1)O[Si](C)(C)C(C)(C)C. The van der Waals surface area contributed by atoms with Crippen LogP contribution in [0, 0.1) is 5.92 Å². The summed E-state index contributed by atoms with van der Waals surface area (Å²) in [4.78, 5) is 0. The highest BCUT2D eigenvalue weighted by Crippen LogP contribution is 2.39. The van der Waals surface area contributed by atoms with Crippen molar-refractivity contribution >= 4 is 16.6 Å². The lowest BCUT2D eigenvalue weighted by molar-refractivity contribution is -0.00265. The molecule has 0 fully saturated rings. The third kappa shape index (κ3) is 8.29. The molecule has 1 aromatic rings. The van der Waals surface area contributed by atoms with Crippen molar-refractivity contribution in [2.45, 2.75) is 97.4 Å². The summed E-state index contributed by atoms with van der Waals surface area (Å²) in [7, 11) is -3.67. The van der Waals surface area contributed by atoms with E-state index < -0.39 is 16.6 Å². The summed E-state index contributed by atoms with van der Waals surface area (Å²) in [5.41, 5.74) is 1.20. The molecular formula is C24H46O3Si2. The second-order valence-corrected chi connectivity index (χ2v) is 21.0. The molecule has 5 heteroatoms. The number of ether oxygens (including phenoxy) is 1. The first kappa shape index (κ1) is 26.6. The van der Waals surface area contributed by atoms with Gasteiger partial charge in [0.15, 0.2) is 16.6 Å². The lowest BCUT2D eigenvalue weighted by Crippen LogP contribution is -2.48. The summed E-state index contributed by atoms with van der Waals surface area (Å²) >= 11 is 0. The fraction of sp³-hybridized carbons (Fsp3) is 0.750. The molecule has 168 valence electrons. The number of rotatable bonds is 10. The molecule has 0 spiro atoms. The molecule has 0 saturated heterocycles. The highest BCUT2D eigenvalue weighted by molar-refractivity contribution is 6.74. The van der Waals surface area contributed by atoms with Crippen LogP contribution in [0.1, 0.15) is 54.0 Å². The second kappa shape index (κ2) is 10.2. The fourth-order valence-electron chi connectivity index (χ4n) is 2.40. The molecule has 0 aliphatic rings. The van der Waals surface area contributed by atoms with E-state index in [9.17, 15) is 0 Å². The van der Waals surface area contributed by atoms with Crippen LogP contribution in [0.3, 0.4) is 0 Å². The average Bonchev–Trinajstić information content (AvgIpc) is 2.57. The Morgan fingerprint density at radius 2 is 1.31 bits per heavy atom. The van der Waals surface area contributed by atoms with Gasteiger partial charge < -0.3 is 13.6 Å². The lowest BCUT2D eigenvalue weighted by Gasteiger charge is -2.42. The predicted octanol–water partition coefficient (Wildman–Crippen LogP) is 7.25. The standard InChI is InChI=1S/C24H46O3Si2/c1-20(17-26-28(8,9)23(2,3)4)22(27-29(10,11)24(5,6)7)19-25-18-21-15-13-12-14-16-21/h12-16,20,22H,17-19H2,1-11H3/t20-,22-/m0/s1. The lowest BCUT2D eigenvalue weighted by atomic mass is 10.1. The Morgan fingerprint density at radius 1 is 0.793 bits per heavy atom. The topological polar surface area (TPSA) is 27.7 Å². The molecule has 0 radical (unpaired) electrons. The zero-order valence-electron chi connectivity index (χ0n) is 20.9. The number of hydrogen-bond acceptors (Lipinski definition) is 3. The van der Waals surface area contributed by atoms with Gasteiger partial charge in [0.25, 0.3) is 0 Å². The Balaban J connectivity index is 2.82. The molecule has 0 saturated carbocycles. The first-order chi connectivity index (χ1) is 13.1. The van der Waals surface area contributed by atoms with Crippen LogP contribution >= 0.6 is 0 Å². The summed E-state index contributed by atoms with van der Waals surface area (Å²) in [6, 6.07) is 10.4. The largest absolute Gasteiger partial charge is 0.416 e. The van der Waals surface area contributed by atoms with Gasteiger partial charge in [-0.15, -0.1) is 0 Å². The normalized spacial score (nSPS) is 16.0. The van der Waals surface area contributed by atoms with Gasteiger partial charge in [-0.3, -0.25) is 0 Å². The summed E-state index contributed by atoms with van der Waals surface area (Å²) in [5.74, 6) is 0.286. The Morgan fingerprint density at radius 3 is 1.79 bits per heavy atom. The van der Waals surface area contributed by atoms with E-state index in [1.54, 1.807) is 0 Å². The van der Waals surface area contributed by atoms with Crippen LogP contribution in [0.15, 0.2) is 30.3 Å². The van der Waals surface area contributed by atoms with E-state index in [4.69, 9.17) is 13.6 Å². The molecule has 0 heterocycles. The molecule has 0 amide bonds. The molecule has 0 N–H and O–H groups in total. The molecule has 1 aromatic carbocycles. The first-order valence-corrected chi connectivity index (χ1v) is 16.8. The molecule has 0 unspecified atom stereocenters. The first-order valence-electron chi connectivity index (χ1n) is 11.0. The van der Waals surface area contributed by atoms with Gasteiger partial charge >= 0.3 is 0 Å². The Kier molecular flexibility index (Phi) is 9.37. The molecule has 29 heavy (non-hydrogen) atoms. The molecule has 0 aliphatic carbocycles.